The van der Waals surface area contributed by atoms with E-state index in [0.717, 1.165) is 17.7 Å². The summed E-state index contributed by atoms with van der Waals surface area (Å²) >= 11 is 0. The minimum atomic E-state index is -0.931. The summed E-state index contributed by atoms with van der Waals surface area (Å²) in [6.45, 7) is 1.93. The average Bonchev–Trinajstić information content (AvgIpc) is 2.59. The molecule has 1 amide bonds. The van der Waals surface area contributed by atoms with Crippen LogP contribution in [0, 0.1) is 11.6 Å². The van der Waals surface area contributed by atoms with Crippen LogP contribution in [-0.2, 0) is 11.2 Å². The van der Waals surface area contributed by atoms with E-state index in [9.17, 15) is 13.6 Å². The van der Waals surface area contributed by atoms with Crippen molar-refractivity contribution in [2.75, 3.05) is 19.6 Å². The zero-order valence-corrected chi connectivity index (χ0v) is 13.7. The van der Waals surface area contributed by atoms with Gasteiger partial charge in [0, 0.05) is 32.0 Å². The van der Waals surface area contributed by atoms with Crippen LogP contribution in [0.3, 0.4) is 0 Å². The van der Waals surface area contributed by atoms with Gasteiger partial charge in [-0.1, -0.05) is 12.1 Å². The highest BCUT2D eigenvalue weighted by Gasteiger charge is 2.27. The Balaban J connectivity index is 0.00000208. The molecule has 1 atom stereocenters. The van der Waals surface area contributed by atoms with Crippen LogP contribution in [0.15, 0.2) is 42.7 Å². The number of hydrogen-bond donors (Lipinski definition) is 1. The van der Waals surface area contributed by atoms with Crippen molar-refractivity contribution in [2.24, 2.45) is 0 Å². The first kappa shape index (κ1) is 18.3. The lowest BCUT2D eigenvalue weighted by atomic mass is 10.0. The van der Waals surface area contributed by atoms with Gasteiger partial charge in [-0.25, -0.2) is 8.78 Å². The van der Waals surface area contributed by atoms with E-state index in [1.807, 2.05) is 12.1 Å². The van der Waals surface area contributed by atoms with Crippen molar-refractivity contribution in [1.82, 2.24) is 15.2 Å². The topological polar surface area (TPSA) is 45.2 Å². The molecule has 0 bridgehead atoms. The molecule has 24 heavy (non-hydrogen) atoms. The van der Waals surface area contributed by atoms with Gasteiger partial charge in [0.25, 0.3) is 0 Å². The standard InChI is InChI=1S/C17H17F2N3O.ClH/c18-14-4-3-12(8-15(14)19)9-17(23)22-7-6-21-11-16(22)13-2-1-5-20-10-13;/h1-5,8,10,16,21H,6-7,9,11H2;1H. The van der Waals surface area contributed by atoms with Gasteiger partial charge in [-0.2, -0.15) is 0 Å². The molecule has 7 heteroatoms. The molecule has 1 aromatic carbocycles. The molecule has 0 saturated carbocycles. The van der Waals surface area contributed by atoms with E-state index in [4.69, 9.17) is 0 Å². The van der Waals surface area contributed by atoms with Crippen molar-refractivity contribution >= 4 is 18.3 Å². The molecule has 0 spiro atoms. The van der Waals surface area contributed by atoms with Crippen LogP contribution in [0.2, 0.25) is 0 Å². The summed E-state index contributed by atoms with van der Waals surface area (Å²) in [5.41, 5.74) is 1.43. The van der Waals surface area contributed by atoms with Gasteiger partial charge in [-0.05, 0) is 29.3 Å². The number of carbonyl (C=O) groups excluding carboxylic acids is 1. The van der Waals surface area contributed by atoms with Crippen molar-refractivity contribution in [3.05, 3.63) is 65.5 Å². The van der Waals surface area contributed by atoms with Crippen LogP contribution >= 0.6 is 12.4 Å². The zero-order valence-electron chi connectivity index (χ0n) is 12.9. The molecule has 4 nitrogen and oxygen atoms in total. The molecular weight excluding hydrogens is 336 g/mol. The Morgan fingerprint density at radius 3 is 2.83 bits per heavy atom. The summed E-state index contributed by atoms with van der Waals surface area (Å²) in [7, 11) is 0. The molecule has 1 aliphatic rings. The van der Waals surface area contributed by atoms with Gasteiger partial charge in [-0.3, -0.25) is 9.78 Å². The highest BCUT2D eigenvalue weighted by Crippen LogP contribution is 2.22. The van der Waals surface area contributed by atoms with Crippen molar-refractivity contribution in [3.8, 4) is 0 Å². The van der Waals surface area contributed by atoms with Crippen molar-refractivity contribution in [1.29, 1.82) is 0 Å². The second-order valence-corrected chi connectivity index (χ2v) is 5.52. The fraction of sp³-hybridized carbons (Fsp3) is 0.294. The summed E-state index contributed by atoms with van der Waals surface area (Å²) in [5, 5.41) is 3.27. The molecule has 2 heterocycles. The predicted molar refractivity (Wildman–Crippen MR) is 88.9 cm³/mol. The maximum absolute atomic E-state index is 13.3. The van der Waals surface area contributed by atoms with E-state index in [1.54, 1.807) is 17.3 Å². The first-order valence-corrected chi connectivity index (χ1v) is 7.49. The lowest BCUT2D eigenvalue weighted by Gasteiger charge is -2.36. The number of pyridine rings is 1. The number of rotatable bonds is 3. The Kier molecular flexibility index (Phi) is 6.23. The van der Waals surface area contributed by atoms with Gasteiger partial charge in [0.1, 0.15) is 0 Å². The molecule has 0 radical (unpaired) electrons. The molecule has 0 aliphatic carbocycles. The number of nitrogens with zero attached hydrogens (tertiary/aromatic N) is 2. The highest BCUT2D eigenvalue weighted by molar-refractivity contribution is 5.85. The van der Waals surface area contributed by atoms with E-state index >= 15 is 0 Å². The van der Waals surface area contributed by atoms with Gasteiger partial charge >= 0.3 is 0 Å². The van der Waals surface area contributed by atoms with E-state index < -0.39 is 11.6 Å². The summed E-state index contributed by atoms with van der Waals surface area (Å²) in [4.78, 5) is 18.5. The third-order valence-corrected chi connectivity index (χ3v) is 3.97. The predicted octanol–water partition coefficient (Wildman–Crippen LogP) is 2.50. The average molecular weight is 354 g/mol. The van der Waals surface area contributed by atoms with E-state index in [2.05, 4.69) is 10.3 Å². The highest BCUT2D eigenvalue weighted by atomic mass is 35.5. The zero-order chi connectivity index (χ0) is 16.2. The first-order chi connectivity index (χ1) is 11.1. The monoisotopic (exact) mass is 353 g/mol. The number of nitrogens with one attached hydrogen (secondary N) is 1. The van der Waals surface area contributed by atoms with Crippen molar-refractivity contribution in [3.63, 3.8) is 0 Å². The van der Waals surface area contributed by atoms with Gasteiger partial charge < -0.3 is 10.2 Å². The van der Waals surface area contributed by atoms with Gasteiger partial charge in [-0.15, -0.1) is 12.4 Å². The van der Waals surface area contributed by atoms with Gasteiger partial charge in [0.15, 0.2) is 11.6 Å². The maximum atomic E-state index is 13.3. The summed E-state index contributed by atoms with van der Waals surface area (Å²) in [6, 6.07) is 7.24. The third kappa shape index (κ3) is 4.07. The molecule has 1 aromatic heterocycles. The lowest BCUT2D eigenvalue weighted by molar-refractivity contribution is -0.133. The number of halogens is 3. The smallest absolute Gasteiger partial charge is 0.227 e. The second kappa shape index (κ2) is 8.17. The van der Waals surface area contributed by atoms with E-state index in [1.165, 1.54) is 6.07 Å². The number of amides is 1. The number of carbonyl (C=O) groups is 1. The largest absolute Gasteiger partial charge is 0.333 e. The number of piperazine rings is 1. The van der Waals surface area contributed by atoms with Gasteiger partial charge in [0.2, 0.25) is 5.91 Å². The molecule has 1 fully saturated rings. The molecule has 2 aromatic rings. The summed E-state index contributed by atoms with van der Waals surface area (Å²) in [5.74, 6) is -1.94. The van der Waals surface area contributed by atoms with Crippen LogP contribution in [0.25, 0.3) is 0 Å². The Labute approximate surface area is 145 Å². The Hall–Kier alpha value is -2.05. The van der Waals surface area contributed by atoms with Crippen LogP contribution in [0.5, 0.6) is 0 Å². The fourth-order valence-electron chi connectivity index (χ4n) is 2.80. The summed E-state index contributed by atoms with van der Waals surface area (Å²) in [6.07, 6.45) is 3.48. The lowest BCUT2D eigenvalue weighted by Crippen LogP contribution is -2.49. The molecule has 1 saturated heterocycles. The quantitative estimate of drug-likeness (QED) is 0.922. The molecule has 1 N–H and O–H groups in total. The number of hydrogen-bond acceptors (Lipinski definition) is 3. The third-order valence-electron chi connectivity index (χ3n) is 3.97. The Morgan fingerprint density at radius 1 is 1.29 bits per heavy atom. The normalized spacial score (nSPS) is 17.2. The summed E-state index contributed by atoms with van der Waals surface area (Å²) < 4.78 is 26.3. The molecular formula is C17H18ClF2N3O. The minimum absolute atomic E-state index is 0. The number of benzene rings is 1. The molecule has 1 unspecified atom stereocenters. The maximum Gasteiger partial charge on any atom is 0.227 e. The number of aromatic nitrogens is 1. The minimum Gasteiger partial charge on any atom is -0.333 e. The van der Waals surface area contributed by atoms with Crippen LogP contribution in [-0.4, -0.2) is 35.4 Å². The molecule has 128 valence electrons. The first-order valence-electron chi connectivity index (χ1n) is 7.49. The van der Waals surface area contributed by atoms with Crippen LogP contribution < -0.4 is 5.32 Å². The molecule has 1 aliphatic heterocycles. The van der Waals surface area contributed by atoms with Crippen LogP contribution in [0.4, 0.5) is 8.78 Å². The Morgan fingerprint density at radius 2 is 2.12 bits per heavy atom. The van der Waals surface area contributed by atoms with Crippen LogP contribution in [0.1, 0.15) is 17.2 Å². The second-order valence-electron chi connectivity index (χ2n) is 5.52. The Bertz CT molecular complexity index is 699. The van der Waals surface area contributed by atoms with Crippen molar-refractivity contribution in [2.45, 2.75) is 12.5 Å². The van der Waals surface area contributed by atoms with E-state index in [0.29, 0.717) is 25.2 Å². The van der Waals surface area contributed by atoms with Crippen molar-refractivity contribution < 1.29 is 13.6 Å². The fourth-order valence-corrected chi connectivity index (χ4v) is 2.80. The van der Waals surface area contributed by atoms with E-state index in [-0.39, 0.29) is 30.8 Å². The molecule has 3 rings (SSSR count). The SMILES string of the molecule is Cl.O=C(Cc1ccc(F)c(F)c1)N1CCNCC1c1cccnc1. The van der Waals surface area contributed by atoms with Gasteiger partial charge in [0.05, 0.1) is 12.5 Å².